The minimum Gasteiger partial charge on any atom is -0.309 e. The van der Waals surface area contributed by atoms with Crippen LogP contribution in [0.2, 0.25) is 0 Å². The van der Waals surface area contributed by atoms with Gasteiger partial charge in [0.15, 0.2) is 0 Å². The molecule has 0 atom stereocenters. The number of fused-ring (bicyclic) bond motifs is 9. The van der Waals surface area contributed by atoms with Crippen molar-refractivity contribution in [2.24, 2.45) is 0 Å². The van der Waals surface area contributed by atoms with Crippen molar-refractivity contribution in [3.63, 3.8) is 0 Å². The number of aromatic nitrogens is 3. The van der Waals surface area contributed by atoms with Crippen LogP contribution in [0.3, 0.4) is 0 Å². The molecule has 0 saturated carbocycles. The van der Waals surface area contributed by atoms with Gasteiger partial charge < -0.3 is 4.57 Å². The third kappa shape index (κ3) is 3.69. The Kier molecular flexibility index (Phi) is 5.41. The molecule has 3 heteroatoms. The summed E-state index contributed by atoms with van der Waals surface area (Å²) in [7, 11) is 0. The molecule has 9 rings (SSSR count). The molecule has 0 aliphatic carbocycles. The highest BCUT2D eigenvalue weighted by Gasteiger charge is 2.16. The van der Waals surface area contributed by atoms with Crippen LogP contribution in [0.1, 0.15) is 5.69 Å². The summed E-state index contributed by atoms with van der Waals surface area (Å²) < 4.78 is 2.35. The smallest absolute Gasteiger partial charge is 0.0979 e. The van der Waals surface area contributed by atoms with Crippen molar-refractivity contribution in [3.05, 3.63) is 151 Å². The van der Waals surface area contributed by atoms with Crippen LogP contribution in [-0.4, -0.2) is 14.5 Å². The van der Waals surface area contributed by atoms with E-state index in [1.165, 1.54) is 49.4 Å². The molecule has 0 radical (unpaired) electrons. The second-order valence-electron chi connectivity index (χ2n) is 11.4. The van der Waals surface area contributed by atoms with E-state index in [0.29, 0.717) is 0 Å². The molecule has 0 aliphatic heterocycles. The number of aryl methyl sites for hydroxylation is 1. The van der Waals surface area contributed by atoms with Gasteiger partial charge in [-0.25, -0.2) is 9.97 Å². The molecule has 0 aliphatic rings. The van der Waals surface area contributed by atoms with Crippen molar-refractivity contribution in [3.8, 4) is 28.1 Å². The SMILES string of the molecule is Cc1nc2c3ccccc3c3ccccc3c2nc1-c1ccc(-c2ccc3c(c2)c2ccccc2n3-c2ccccc2)cc1. The Balaban J connectivity index is 1.17. The molecule has 0 N–H and O–H groups in total. The largest absolute Gasteiger partial charge is 0.309 e. The van der Waals surface area contributed by atoms with Crippen LogP contribution in [-0.2, 0) is 0 Å². The highest BCUT2D eigenvalue weighted by atomic mass is 15.0. The fourth-order valence-corrected chi connectivity index (χ4v) is 6.85. The van der Waals surface area contributed by atoms with E-state index in [1.807, 2.05) is 0 Å². The van der Waals surface area contributed by atoms with Gasteiger partial charge in [0, 0.05) is 32.8 Å². The maximum atomic E-state index is 5.27. The van der Waals surface area contributed by atoms with Crippen molar-refractivity contribution in [1.29, 1.82) is 0 Å². The summed E-state index contributed by atoms with van der Waals surface area (Å²) in [5.74, 6) is 0. The summed E-state index contributed by atoms with van der Waals surface area (Å²) in [6, 6.07) is 51.9. The van der Waals surface area contributed by atoms with Crippen LogP contribution in [0, 0.1) is 6.92 Å². The van der Waals surface area contributed by atoms with Gasteiger partial charge >= 0.3 is 0 Å². The summed E-state index contributed by atoms with van der Waals surface area (Å²) in [6.07, 6.45) is 0. The highest BCUT2D eigenvalue weighted by molar-refractivity contribution is 6.23. The first kappa shape index (κ1) is 24.8. The van der Waals surface area contributed by atoms with Crippen molar-refractivity contribution < 1.29 is 0 Å². The van der Waals surface area contributed by atoms with Gasteiger partial charge in [-0.2, -0.15) is 0 Å². The summed E-state index contributed by atoms with van der Waals surface area (Å²) in [6.45, 7) is 2.07. The van der Waals surface area contributed by atoms with E-state index in [-0.39, 0.29) is 0 Å². The predicted octanol–water partition coefficient (Wildman–Crippen LogP) is 10.7. The first-order valence-corrected chi connectivity index (χ1v) is 15.0. The molecule has 0 amide bonds. The van der Waals surface area contributed by atoms with Crippen LogP contribution >= 0.6 is 0 Å². The van der Waals surface area contributed by atoms with Gasteiger partial charge in [0.25, 0.3) is 0 Å². The zero-order valence-corrected chi connectivity index (χ0v) is 24.2. The predicted molar refractivity (Wildman–Crippen MR) is 184 cm³/mol. The van der Waals surface area contributed by atoms with Gasteiger partial charge in [-0.15, -0.1) is 0 Å². The molecular formula is C41H27N3. The van der Waals surface area contributed by atoms with Crippen molar-refractivity contribution in [1.82, 2.24) is 14.5 Å². The number of para-hydroxylation sites is 2. The first-order valence-electron chi connectivity index (χ1n) is 15.0. The van der Waals surface area contributed by atoms with Crippen LogP contribution < -0.4 is 0 Å². The van der Waals surface area contributed by atoms with Crippen molar-refractivity contribution in [2.75, 3.05) is 0 Å². The Morgan fingerprint density at radius 3 is 1.64 bits per heavy atom. The van der Waals surface area contributed by atoms with Gasteiger partial charge in [-0.3, -0.25) is 0 Å². The molecule has 7 aromatic carbocycles. The minimum absolute atomic E-state index is 0.922. The molecule has 9 aromatic rings. The van der Waals surface area contributed by atoms with E-state index in [4.69, 9.17) is 9.97 Å². The van der Waals surface area contributed by atoms with Gasteiger partial charge in [-0.1, -0.05) is 115 Å². The molecule has 0 unspecified atom stereocenters. The average Bonchev–Trinajstić information content (AvgIpc) is 3.42. The van der Waals surface area contributed by atoms with E-state index in [9.17, 15) is 0 Å². The van der Waals surface area contributed by atoms with Crippen LogP contribution in [0.25, 0.3) is 82.5 Å². The molecule has 206 valence electrons. The molecule has 2 heterocycles. The van der Waals surface area contributed by atoms with Crippen LogP contribution in [0.15, 0.2) is 146 Å². The van der Waals surface area contributed by atoms with Crippen molar-refractivity contribution >= 4 is 54.4 Å². The first-order chi connectivity index (χ1) is 21.7. The quantitative estimate of drug-likeness (QED) is 0.201. The Bertz CT molecular complexity index is 2540. The summed E-state index contributed by atoms with van der Waals surface area (Å²) in [5.41, 5.74) is 10.8. The Morgan fingerprint density at radius 2 is 0.932 bits per heavy atom. The van der Waals surface area contributed by atoms with E-state index < -0.39 is 0 Å². The van der Waals surface area contributed by atoms with E-state index in [0.717, 1.165) is 38.8 Å². The lowest BCUT2D eigenvalue weighted by atomic mass is 9.98. The van der Waals surface area contributed by atoms with Gasteiger partial charge in [0.2, 0.25) is 0 Å². The van der Waals surface area contributed by atoms with E-state index in [2.05, 4.69) is 157 Å². The Hall–Kier alpha value is -5.80. The molecule has 0 saturated heterocycles. The minimum atomic E-state index is 0.922. The molecule has 0 spiro atoms. The Labute approximate surface area is 254 Å². The maximum Gasteiger partial charge on any atom is 0.0979 e. The zero-order chi connectivity index (χ0) is 29.2. The molecule has 0 bridgehead atoms. The van der Waals surface area contributed by atoms with Crippen LogP contribution in [0.5, 0.6) is 0 Å². The summed E-state index contributed by atoms with van der Waals surface area (Å²) >= 11 is 0. The lowest BCUT2D eigenvalue weighted by molar-refractivity contribution is 1.18. The number of rotatable bonds is 3. The molecule has 3 nitrogen and oxygen atoms in total. The number of nitrogens with zero attached hydrogens (tertiary/aromatic N) is 3. The van der Waals surface area contributed by atoms with E-state index in [1.54, 1.807) is 0 Å². The summed E-state index contributed by atoms with van der Waals surface area (Å²) in [5, 5.41) is 7.20. The van der Waals surface area contributed by atoms with Gasteiger partial charge in [0.1, 0.15) is 0 Å². The second-order valence-corrected chi connectivity index (χ2v) is 11.4. The topological polar surface area (TPSA) is 30.7 Å². The molecule has 2 aromatic heterocycles. The zero-order valence-electron chi connectivity index (χ0n) is 24.2. The lowest BCUT2D eigenvalue weighted by Gasteiger charge is -2.13. The number of benzene rings is 7. The van der Waals surface area contributed by atoms with Crippen LogP contribution in [0.4, 0.5) is 0 Å². The van der Waals surface area contributed by atoms with Gasteiger partial charge in [-0.05, 0) is 59.2 Å². The third-order valence-electron chi connectivity index (χ3n) is 8.90. The number of hydrogen-bond donors (Lipinski definition) is 0. The average molecular weight is 562 g/mol. The second kappa shape index (κ2) is 9.62. The van der Waals surface area contributed by atoms with E-state index >= 15 is 0 Å². The highest BCUT2D eigenvalue weighted by Crippen LogP contribution is 2.37. The fraction of sp³-hybridized carbons (Fsp3) is 0.0244. The normalized spacial score (nSPS) is 11.8. The molecule has 44 heavy (non-hydrogen) atoms. The summed E-state index contributed by atoms with van der Waals surface area (Å²) in [4.78, 5) is 10.4. The third-order valence-corrected chi connectivity index (χ3v) is 8.90. The Morgan fingerprint density at radius 1 is 0.409 bits per heavy atom. The van der Waals surface area contributed by atoms with Crippen molar-refractivity contribution in [2.45, 2.75) is 6.92 Å². The van der Waals surface area contributed by atoms with Gasteiger partial charge in [0.05, 0.1) is 33.5 Å². The lowest BCUT2D eigenvalue weighted by Crippen LogP contribution is -1.96. The molecular weight excluding hydrogens is 534 g/mol. The number of hydrogen-bond acceptors (Lipinski definition) is 2. The standard InChI is InChI=1S/C41H27N3/c1-26-39(43-41-35-17-8-6-14-32(35)31-13-5-7-16-34(31)40(41)42-26)28-21-19-27(20-22-28)29-23-24-38-36(25-29)33-15-9-10-18-37(33)44(38)30-11-3-2-4-12-30/h2-25H,1H3. The fourth-order valence-electron chi connectivity index (χ4n) is 6.85. The molecule has 0 fully saturated rings. The monoisotopic (exact) mass is 561 g/mol. The maximum absolute atomic E-state index is 5.27.